The van der Waals surface area contributed by atoms with E-state index < -0.39 is 31.2 Å². The third kappa shape index (κ3) is 5.74. The number of nitrogens with zero attached hydrogens (tertiary/aromatic N) is 2. The van der Waals surface area contributed by atoms with Gasteiger partial charge >= 0.3 is 0 Å². The second-order valence-corrected chi connectivity index (χ2v) is 9.47. The van der Waals surface area contributed by atoms with Gasteiger partial charge in [-0.2, -0.15) is 0 Å². The van der Waals surface area contributed by atoms with Crippen LogP contribution in [0, 0.1) is 5.92 Å². The number of rotatable bonds is 10. The molecule has 34 heavy (non-hydrogen) atoms. The first-order valence-corrected chi connectivity index (χ1v) is 11.8. The van der Waals surface area contributed by atoms with E-state index in [-0.39, 0.29) is 12.6 Å². The van der Waals surface area contributed by atoms with E-state index in [0.717, 1.165) is 41.9 Å². The quantitative estimate of drug-likeness (QED) is 0.547. The lowest BCUT2D eigenvalue weighted by atomic mass is 9.86. The molecule has 2 aliphatic rings. The van der Waals surface area contributed by atoms with E-state index in [2.05, 4.69) is 4.90 Å². The molecule has 0 aromatic heterocycles. The highest BCUT2D eigenvalue weighted by molar-refractivity contribution is 5.43. The predicted octanol–water partition coefficient (Wildman–Crippen LogP) is 3.60. The second-order valence-electron chi connectivity index (χ2n) is 9.47. The number of likely N-dealkylation sites (tertiary alicyclic amines) is 1. The maximum Gasteiger partial charge on any atom is 0.283 e. The third-order valence-electron chi connectivity index (χ3n) is 6.77. The summed E-state index contributed by atoms with van der Waals surface area (Å²) in [5, 5.41) is 19.1. The number of aliphatic hydroxyl groups excluding tert-OH is 2. The van der Waals surface area contributed by atoms with E-state index in [4.69, 9.17) is 9.84 Å². The zero-order valence-corrected chi connectivity index (χ0v) is 19.5. The van der Waals surface area contributed by atoms with Crippen LogP contribution < -0.4 is 4.74 Å². The van der Waals surface area contributed by atoms with Gasteiger partial charge in [-0.15, -0.1) is 0 Å². The van der Waals surface area contributed by atoms with Crippen LogP contribution in [0.2, 0.25) is 0 Å². The van der Waals surface area contributed by atoms with Crippen molar-refractivity contribution in [2.24, 2.45) is 5.92 Å². The SMILES string of the molecule is CC(O)c1ccc2c(c1)CCN(CC(F)(F)CO)C2c1ccc(OCCN2CC(CF)C2)cc1. The molecule has 2 heterocycles. The zero-order chi connectivity index (χ0) is 24.3. The van der Waals surface area contributed by atoms with Crippen molar-refractivity contribution < 1.29 is 28.1 Å². The minimum absolute atomic E-state index is 0.149. The first-order chi connectivity index (χ1) is 16.3. The Bertz CT molecular complexity index is 949. The van der Waals surface area contributed by atoms with Gasteiger partial charge in [0.2, 0.25) is 0 Å². The van der Waals surface area contributed by atoms with Crippen LogP contribution in [-0.2, 0) is 6.42 Å². The first-order valence-electron chi connectivity index (χ1n) is 11.8. The van der Waals surface area contributed by atoms with Crippen molar-refractivity contribution in [3.8, 4) is 5.75 Å². The fourth-order valence-corrected chi connectivity index (χ4v) is 4.86. The summed E-state index contributed by atoms with van der Waals surface area (Å²) in [5.41, 5.74) is 3.63. The van der Waals surface area contributed by atoms with E-state index in [1.807, 2.05) is 42.5 Å². The minimum atomic E-state index is -3.20. The Labute approximate surface area is 198 Å². The maximum atomic E-state index is 14.2. The summed E-state index contributed by atoms with van der Waals surface area (Å²) in [4.78, 5) is 3.86. The summed E-state index contributed by atoms with van der Waals surface area (Å²) in [7, 11) is 0. The lowest BCUT2D eigenvalue weighted by Gasteiger charge is -2.39. The monoisotopic (exact) mass is 478 g/mol. The van der Waals surface area contributed by atoms with Crippen molar-refractivity contribution >= 4 is 0 Å². The number of hydrogen-bond donors (Lipinski definition) is 2. The molecule has 2 aromatic carbocycles. The van der Waals surface area contributed by atoms with Crippen LogP contribution in [0.15, 0.2) is 42.5 Å². The summed E-state index contributed by atoms with van der Waals surface area (Å²) in [6.45, 7) is 2.90. The van der Waals surface area contributed by atoms with Crippen LogP contribution in [0.1, 0.15) is 41.3 Å². The van der Waals surface area contributed by atoms with E-state index in [0.29, 0.717) is 25.3 Å². The minimum Gasteiger partial charge on any atom is -0.492 e. The number of alkyl halides is 3. The number of benzene rings is 2. The van der Waals surface area contributed by atoms with E-state index in [9.17, 15) is 18.3 Å². The van der Waals surface area contributed by atoms with Crippen molar-refractivity contribution in [1.29, 1.82) is 0 Å². The first kappa shape index (κ1) is 25.0. The number of ether oxygens (including phenoxy) is 1. The van der Waals surface area contributed by atoms with Gasteiger partial charge in [0.1, 0.15) is 19.0 Å². The summed E-state index contributed by atoms with van der Waals surface area (Å²) >= 11 is 0. The molecule has 0 saturated carbocycles. The highest BCUT2D eigenvalue weighted by Crippen LogP contribution is 2.38. The van der Waals surface area contributed by atoms with E-state index >= 15 is 0 Å². The average Bonchev–Trinajstić information content (AvgIpc) is 2.80. The molecule has 2 N–H and O–H groups in total. The summed E-state index contributed by atoms with van der Waals surface area (Å²) in [5.74, 6) is -2.36. The molecule has 8 heteroatoms. The van der Waals surface area contributed by atoms with Gasteiger partial charge in [-0.05, 0) is 47.7 Å². The Morgan fingerprint density at radius 1 is 1.15 bits per heavy atom. The Morgan fingerprint density at radius 2 is 1.88 bits per heavy atom. The molecule has 2 unspecified atom stereocenters. The maximum absolute atomic E-state index is 14.2. The van der Waals surface area contributed by atoms with Gasteiger partial charge < -0.3 is 14.9 Å². The molecule has 1 saturated heterocycles. The molecule has 0 spiro atoms. The molecule has 0 radical (unpaired) electrons. The molecular formula is C26H33F3N2O3. The van der Waals surface area contributed by atoms with Crippen molar-refractivity contribution in [2.75, 3.05) is 52.6 Å². The zero-order valence-electron chi connectivity index (χ0n) is 19.5. The van der Waals surface area contributed by atoms with Crippen LogP contribution in [0.25, 0.3) is 0 Å². The number of hydrogen-bond acceptors (Lipinski definition) is 5. The van der Waals surface area contributed by atoms with Gasteiger partial charge in [0.05, 0.1) is 25.4 Å². The Hall–Kier alpha value is -2.13. The van der Waals surface area contributed by atoms with E-state index in [1.54, 1.807) is 11.8 Å². The van der Waals surface area contributed by atoms with Crippen molar-refractivity contribution in [3.63, 3.8) is 0 Å². The molecule has 2 aromatic rings. The smallest absolute Gasteiger partial charge is 0.283 e. The van der Waals surface area contributed by atoms with Crippen LogP contribution in [0.4, 0.5) is 13.2 Å². The van der Waals surface area contributed by atoms with Gasteiger partial charge in [0.15, 0.2) is 0 Å². The molecular weight excluding hydrogens is 445 g/mol. The second kappa shape index (κ2) is 10.6. The molecule has 4 rings (SSSR count). The highest BCUT2D eigenvalue weighted by atomic mass is 19.3. The molecule has 2 aliphatic heterocycles. The lowest BCUT2D eigenvalue weighted by Crippen LogP contribution is -2.49. The van der Waals surface area contributed by atoms with Gasteiger partial charge in [-0.1, -0.05) is 30.3 Å². The standard InChI is InChI=1S/C26H33F3N2O3/c1-18(33)21-4-7-24-22(12-21)8-9-31(16-26(28,29)17-32)25(24)20-2-5-23(6-3-20)34-11-10-30-14-19(13-27)15-30/h2-7,12,18-19,25,32-33H,8-11,13-17H2,1H3. The third-order valence-corrected chi connectivity index (χ3v) is 6.77. The fraction of sp³-hybridized carbons (Fsp3) is 0.538. The van der Waals surface area contributed by atoms with Crippen LogP contribution >= 0.6 is 0 Å². The Kier molecular flexibility index (Phi) is 7.82. The van der Waals surface area contributed by atoms with Gasteiger partial charge in [0, 0.05) is 32.1 Å². The number of halogens is 3. The summed E-state index contributed by atoms with van der Waals surface area (Å²) in [6.07, 6.45) is -0.00875. The predicted molar refractivity (Wildman–Crippen MR) is 124 cm³/mol. The molecule has 2 atom stereocenters. The Morgan fingerprint density at radius 3 is 2.53 bits per heavy atom. The highest BCUT2D eigenvalue weighted by Gasteiger charge is 2.37. The number of fused-ring (bicyclic) bond motifs is 1. The van der Waals surface area contributed by atoms with Crippen molar-refractivity contribution in [3.05, 3.63) is 64.7 Å². The van der Waals surface area contributed by atoms with E-state index in [1.165, 1.54) is 0 Å². The topological polar surface area (TPSA) is 56.2 Å². The van der Waals surface area contributed by atoms with Crippen LogP contribution in [0.5, 0.6) is 5.75 Å². The average molecular weight is 479 g/mol. The van der Waals surface area contributed by atoms with Crippen LogP contribution in [-0.4, -0.2) is 78.5 Å². The normalized spacial score (nSPS) is 20.6. The van der Waals surface area contributed by atoms with Gasteiger partial charge in [-0.3, -0.25) is 14.2 Å². The lowest BCUT2D eigenvalue weighted by molar-refractivity contribution is -0.0786. The molecule has 5 nitrogen and oxygen atoms in total. The molecule has 0 bridgehead atoms. The van der Waals surface area contributed by atoms with Crippen molar-refractivity contribution in [2.45, 2.75) is 31.4 Å². The van der Waals surface area contributed by atoms with Crippen molar-refractivity contribution in [1.82, 2.24) is 9.80 Å². The summed E-state index contributed by atoms with van der Waals surface area (Å²) < 4.78 is 46.7. The van der Waals surface area contributed by atoms with Crippen LogP contribution in [0.3, 0.4) is 0 Å². The van der Waals surface area contributed by atoms with Gasteiger partial charge in [0.25, 0.3) is 5.92 Å². The molecule has 186 valence electrons. The fourth-order valence-electron chi connectivity index (χ4n) is 4.86. The number of aliphatic hydroxyl groups is 2. The molecule has 0 amide bonds. The largest absolute Gasteiger partial charge is 0.492 e. The molecule has 1 fully saturated rings. The Balaban J connectivity index is 1.50. The van der Waals surface area contributed by atoms with Gasteiger partial charge in [-0.25, -0.2) is 8.78 Å². The molecule has 0 aliphatic carbocycles. The summed E-state index contributed by atoms with van der Waals surface area (Å²) in [6, 6.07) is 12.8.